The summed E-state index contributed by atoms with van der Waals surface area (Å²) in [6.07, 6.45) is 6.30. The van der Waals surface area contributed by atoms with Crippen LogP contribution in [0, 0.1) is 6.92 Å². The van der Waals surface area contributed by atoms with Crippen molar-refractivity contribution in [2.24, 2.45) is 0 Å². The molecule has 7 nitrogen and oxygen atoms in total. The molecule has 0 spiro atoms. The van der Waals surface area contributed by atoms with Crippen LogP contribution < -0.4 is 9.62 Å². The molecule has 1 atom stereocenters. The summed E-state index contributed by atoms with van der Waals surface area (Å²) in [5.74, 6) is -0.799. The molecule has 3 aromatic carbocycles. The smallest absolute Gasteiger partial charge is 0.244 e. The first-order chi connectivity index (χ1) is 20.0. The standard InChI is InChI=1S/C32H37Cl2N3O4S/c1-23-17-18-27(20-29(23)34)37(42(2,40)41)22-31(38)36(21-25-13-9-10-16-28(25)33)30(19-24-11-5-3-6-12-24)32(39)35-26-14-7-4-8-15-26/h3,5-6,9-13,16-18,20,26,30H,4,7-8,14-15,19,21-22H2,1-2H3,(H,35,39). The van der Waals surface area contributed by atoms with Crippen LogP contribution in [-0.4, -0.2) is 50.0 Å². The second-order valence-corrected chi connectivity index (χ2v) is 13.6. The van der Waals surface area contributed by atoms with Gasteiger partial charge >= 0.3 is 0 Å². The lowest BCUT2D eigenvalue weighted by Gasteiger charge is -2.35. The average molecular weight is 631 g/mol. The zero-order chi connectivity index (χ0) is 30.3. The van der Waals surface area contributed by atoms with Gasteiger partial charge in [0.05, 0.1) is 11.9 Å². The quantitative estimate of drug-likeness (QED) is 0.275. The zero-order valence-electron chi connectivity index (χ0n) is 23.9. The maximum absolute atomic E-state index is 14.2. The van der Waals surface area contributed by atoms with Crippen LogP contribution >= 0.6 is 23.2 Å². The summed E-state index contributed by atoms with van der Waals surface area (Å²) in [6.45, 7) is 1.33. The van der Waals surface area contributed by atoms with Gasteiger partial charge in [-0.15, -0.1) is 0 Å². The number of nitrogens with zero attached hydrogens (tertiary/aromatic N) is 2. The van der Waals surface area contributed by atoms with E-state index in [4.69, 9.17) is 23.2 Å². The van der Waals surface area contributed by atoms with E-state index in [2.05, 4.69) is 5.32 Å². The van der Waals surface area contributed by atoms with E-state index in [1.54, 1.807) is 30.3 Å². The molecule has 0 aromatic heterocycles. The molecule has 4 rings (SSSR count). The van der Waals surface area contributed by atoms with E-state index in [1.165, 1.54) is 11.0 Å². The van der Waals surface area contributed by atoms with E-state index in [9.17, 15) is 18.0 Å². The summed E-state index contributed by atoms with van der Waals surface area (Å²) < 4.78 is 27.0. The van der Waals surface area contributed by atoms with Crippen LogP contribution in [0.4, 0.5) is 5.69 Å². The van der Waals surface area contributed by atoms with E-state index in [1.807, 2.05) is 43.3 Å². The number of rotatable bonds is 11. The minimum atomic E-state index is -3.88. The Bertz CT molecular complexity index is 1490. The topological polar surface area (TPSA) is 86.8 Å². The molecule has 0 heterocycles. The normalized spacial score (nSPS) is 14.7. The Kier molecular flexibility index (Phi) is 10.9. The maximum atomic E-state index is 14.2. The lowest BCUT2D eigenvalue weighted by Crippen LogP contribution is -2.55. The van der Waals surface area contributed by atoms with Crippen molar-refractivity contribution in [2.75, 3.05) is 17.1 Å². The molecule has 1 saturated carbocycles. The summed E-state index contributed by atoms with van der Waals surface area (Å²) in [4.78, 5) is 29.7. The van der Waals surface area contributed by atoms with Crippen molar-refractivity contribution in [1.29, 1.82) is 0 Å². The van der Waals surface area contributed by atoms with Crippen molar-refractivity contribution in [3.05, 3.63) is 99.5 Å². The third-order valence-corrected chi connectivity index (χ3v) is 9.56. The Morgan fingerprint density at radius 3 is 2.24 bits per heavy atom. The molecule has 0 aliphatic heterocycles. The number of hydrogen-bond donors (Lipinski definition) is 1. The van der Waals surface area contributed by atoms with E-state index >= 15 is 0 Å². The number of anilines is 1. The lowest BCUT2D eigenvalue weighted by molar-refractivity contribution is -0.140. The Morgan fingerprint density at radius 2 is 1.60 bits per heavy atom. The first-order valence-electron chi connectivity index (χ1n) is 14.1. The third-order valence-electron chi connectivity index (χ3n) is 7.64. The van der Waals surface area contributed by atoms with Gasteiger partial charge in [-0.05, 0) is 54.7 Å². The minimum Gasteiger partial charge on any atom is -0.352 e. The summed E-state index contributed by atoms with van der Waals surface area (Å²) in [5.41, 5.74) is 2.58. The van der Waals surface area contributed by atoms with Gasteiger partial charge in [0.1, 0.15) is 12.6 Å². The van der Waals surface area contributed by atoms with Gasteiger partial charge < -0.3 is 10.2 Å². The van der Waals surface area contributed by atoms with E-state index in [-0.39, 0.29) is 30.6 Å². The SMILES string of the molecule is Cc1ccc(N(CC(=O)N(Cc2ccccc2Cl)C(Cc2ccccc2)C(=O)NC2CCCCC2)S(C)(=O)=O)cc1Cl. The highest BCUT2D eigenvalue weighted by molar-refractivity contribution is 7.92. The number of carbonyl (C=O) groups excluding carboxylic acids is 2. The molecule has 10 heteroatoms. The number of hydrogen-bond acceptors (Lipinski definition) is 4. The van der Waals surface area contributed by atoms with Crippen molar-refractivity contribution in [2.45, 2.75) is 64.1 Å². The minimum absolute atomic E-state index is 0.0281. The summed E-state index contributed by atoms with van der Waals surface area (Å²) in [6, 6.07) is 20.6. The molecular formula is C32H37Cl2N3O4S. The first-order valence-corrected chi connectivity index (χ1v) is 16.7. The predicted molar refractivity (Wildman–Crippen MR) is 169 cm³/mol. The van der Waals surface area contributed by atoms with Crippen LogP contribution in [0.1, 0.15) is 48.8 Å². The lowest BCUT2D eigenvalue weighted by atomic mass is 9.94. The molecule has 0 radical (unpaired) electrons. The van der Waals surface area contributed by atoms with Crippen LogP contribution in [0.3, 0.4) is 0 Å². The Labute approximate surface area is 258 Å². The largest absolute Gasteiger partial charge is 0.352 e. The number of amides is 2. The summed E-state index contributed by atoms with van der Waals surface area (Å²) >= 11 is 12.8. The molecule has 1 fully saturated rings. The highest BCUT2D eigenvalue weighted by Crippen LogP contribution is 2.27. The van der Waals surface area contributed by atoms with Crippen LogP contribution in [0.25, 0.3) is 0 Å². The average Bonchev–Trinajstić information content (AvgIpc) is 2.96. The van der Waals surface area contributed by atoms with Gasteiger partial charge in [-0.25, -0.2) is 8.42 Å². The molecule has 1 unspecified atom stereocenters. The van der Waals surface area contributed by atoms with Crippen LogP contribution in [0.2, 0.25) is 10.0 Å². The van der Waals surface area contributed by atoms with Crippen molar-refractivity contribution in [3.63, 3.8) is 0 Å². The third kappa shape index (κ3) is 8.49. The van der Waals surface area contributed by atoms with Gasteiger partial charge in [0.2, 0.25) is 21.8 Å². The number of carbonyl (C=O) groups is 2. The maximum Gasteiger partial charge on any atom is 0.244 e. The van der Waals surface area contributed by atoms with Crippen LogP contribution in [0.15, 0.2) is 72.8 Å². The van der Waals surface area contributed by atoms with Gasteiger partial charge in [-0.2, -0.15) is 0 Å². The van der Waals surface area contributed by atoms with Crippen molar-refractivity contribution >= 4 is 50.7 Å². The molecule has 1 N–H and O–H groups in total. The van der Waals surface area contributed by atoms with Crippen LogP contribution in [0.5, 0.6) is 0 Å². The van der Waals surface area contributed by atoms with Crippen molar-refractivity contribution < 1.29 is 18.0 Å². The summed E-state index contributed by atoms with van der Waals surface area (Å²) in [5, 5.41) is 4.02. The molecular weight excluding hydrogens is 593 g/mol. The van der Waals surface area contributed by atoms with Gasteiger partial charge in [0.25, 0.3) is 0 Å². The first kappa shape index (κ1) is 31.9. The molecule has 0 saturated heterocycles. The molecule has 224 valence electrons. The Hall–Kier alpha value is -3.07. The number of nitrogens with one attached hydrogen (secondary N) is 1. The monoisotopic (exact) mass is 629 g/mol. The van der Waals surface area contributed by atoms with Gasteiger partial charge in [-0.1, -0.05) is 97.1 Å². The van der Waals surface area contributed by atoms with Gasteiger partial charge in [-0.3, -0.25) is 13.9 Å². The fourth-order valence-corrected chi connectivity index (χ4v) is 6.47. The highest BCUT2D eigenvalue weighted by Gasteiger charge is 2.34. The van der Waals surface area contributed by atoms with E-state index in [0.29, 0.717) is 15.6 Å². The Balaban J connectivity index is 1.74. The van der Waals surface area contributed by atoms with Crippen molar-refractivity contribution in [3.8, 4) is 0 Å². The van der Waals surface area contributed by atoms with Crippen LogP contribution in [-0.2, 0) is 32.6 Å². The van der Waals surface area contributed by atoms with Gasteiger partial charge in [0.15, 0.2) is 0 Å². The second-order valence-electron chi connectivity index (χ2n) is 10.9. The molecule has 1 aliphatic carbocycles. The molecule has 0 bridgehead atoms. The second kappa shape index (κ2) is 14.4. The van der Waals surface area contributed by atoms with E-state index < -0.39 is 28.5 Å². The number of aryl methyl sites for hydroxylation is 1. The molecule has 2 amide bonds. The number of halogens is 2. The number of sulfonamides is 1. The Morgan fingerprint density at radius 1 is 0.929 bits per heavy atom. The molecule has 42 heavy (non-hydrogen) atoms. The molecule has 1 aliphatic rings. The zero-order valence-corrected chi connectivity index (χ0v) is 26.3. The number of benzene rings is 3. The fraction of sp³-hybridized carbons (Fsp3) is 0.375. The predicted octanol–water partition coefficient (Wildman–Crippen LogP) is 6.16. The van der Waals surface area contributed by atoms with Gasteiger partial charge in [0, 0.05) is 29.1 Å². The highest BCUT2D eigenvalue weighted by atomic mass is 35.5. The summed E-state index contributed by atoms with van der Waals surface area (Å²) in [7, 11) is -3.88. The molecule has 3 aromatic rings. The fourth-order valence-electron chi connectivity index (χ4n) is 5.26. The van der Waals surface area contributed by atoms with E-state index in [0.717, 1.165) is 53.8 Å². The van der Waals surface area contributed by atoms with Crippen molar-refractivity contribution in [1.82, 2.24) is 10.2 Å².